The highest BCUT2D eigenvalue weighted by atomic mass is 19.1. The first kappa shape index (κ1) is 24.6. The minimum atomic E-state index is -1.23. The van der Waals surface area contributed by atoms with E-state index in [1.54, 1.807) is 36.4 Å². The number of halogens is 2. The maximum Gasteiger partial charge on any atom is 0.201 e. The van der Waals surface area contributed by atoms with Gasteiger partial charge in [0, 0.05) is 23.5 Å². The summed E-state index contributed by atoms with van der Waals surface area (Å²) in [5.74, 6) is -5.22. The second-order valence-corrected chi connectivity index (χ2v) is 8.35. The van der Waals surface area contributed by atoms with Gasteiger partial charge >= 0.3 is 0 Å². The standard InChI is InChI=1S/C28H20F2N2O6/c1-37-15-7-3-5-13(11-15)31-25-23(29)21-22(24(30)26(25)32-14-6-4-8-16(12-14)38-2)28(36)20-18(34)10-9-17(33)19(20)27(21)35/h3-12,31-34H,1-2H3. The lowest BCUT2D eigenvalue weighted by molar-refractivity contribution is 0.0967. The molecule has 4 aromatic rings. The van der Waals surface area contributed by atoms with Crippen LogP contribution in [0, 0.1) is 11.6 Å². The monoisotopic (exact) mass is 518 g/mol. The van der Waals surface area contributed by atoms with Crippen molar-refractivity contribution in [3.8, 4) is 23.0 Å². The average molecular weight is 518 g/mol. The molecule has 0 heterocycles. The van der Waals surface area contributed by atoms with E-state index in [2.05, 4.69) is 10.6 Å². The fourth-order valence-electron chi connectivity index (χ4n) is 4.33. The molecule has 0 aromatic heterocycles. The molecule has 38 heavy (non-hydrogen) atoms. The third-order valence-electron chi connectivity index (χ3n) is 6.13. The van der Waals surface area contributed by atoms with Gasteiger partial charge in [0.1, 0.15) is 34.4 Å². The number of phenols is 2. The Kier molecular flexibility index (Phi) is 6.08. The molecule has 192 valence electrons. The van der Waals surface area contributed by atoms with Crippen molar-refractivity contribution in [2.45, 2.75) is 0 Å². The first-order chi connectivity index (χ1) is 18.2. The van der Waals surface area contributed by atoms with Gasteiger partial charge in [0.05, 0.1) is 36.5 Å². The number of nitrogens with one attached hydrogen (secondary N) is 2. The molecule has 4 aromatic carbocycles. The van der Waals surface area contributed by atoms with E-state index < -0.39 is 68.3 Å². The number of phenolic OH excluding ortho intramolecular Hbond substituents is 2. The Morgan fingerprint density at radius 1 is 0.632 bits per heavy atom. The van der Waals surface area contributed by atoms with Crippen molar-refractivity contribution in [3.63, 3.8) is 0 Å². The van der Waals surface area contributed by atoms with Gasteiger partial charge in [-0.25, -0.2) is 8.78 Å². The van der Waals surface area contributed by atoms with Gasteiger partial charge in [-0.1, -0.05) is 12.1 Å². The Balaban J connectivity index is 1.77. The van der Waals surface area contributed by atoms with Crippen LogP contribution in [0.5, 0.6) is 23.0 Å². The number of aromatic hydroxyl groups is 2. The second-order valence-electron chi connectivity index (χ2n) is 8.35. The summed E-state index contributed by atoms with van der Waals surface area (Å²) in [6, 6.07) is 14.7. The van der Waals surface area contributed by atoms with Crippen molar-refractivity contribution in [1.29, 1.82) is 0 Å². The molecule has 1 aliphatic carbocycles. The molecule has 0 bridgehead atoms. The van der Waals surface area contributed by atoms with E-state index in [9.17, 15) is 19.8 Å². The molecule has 0 atom stereocenters. The molecular weight excluding hydrogens is 498 g/mol. The summed E-state index contributed by atoms with van der Waals surface area (Å²) in [6.07, 6.45) is 0. The van der Waals surface area contributed by atoms with Crippen LogP contribution in [0.3, 0.4) is 0 Å². The highest BCUT2D eigenvalue weighted by molar-refractivity contribution is 6.31. The number of hydrogen-bond donors (Lipinski definition) is 4. The van der Waals surface area contributed by atoms with Crippen LogP contribution in [-0.2, 0) is 0 Å². The lowest BCUT2D eigenvalue weighted by Crippen LogP contribution is -2.26. The van der Waals surface area contributed by atoms with E-state index in [-0.39, 0.29) is 0 Å². The molecule has 0 amide bonds. The van der Waals surface area contributed by atoms with Crippen LogP contribution in [-0.4, -0.2) is 36.0 Å². The number of anilines is 4. The van der Waals surface area contributed by atoms with E-state index in [0.717, 1.165) is 12.1 Å². The van der Waals surface area contributed by atoms with E-state index in [1.165, 1.54) is 26.4 Å². The third-order valence-corrected chi connectivity index (χ3v) is 6.13. The Morgan fingerprint density at radius 2 is 1.03 bits per heavy atom. The van der Waals surface area contributed by atoms with Crippen LogP contribution in [0.25, 0.3) is 0 Å². The molecule has 1 aliphatic rings. The smallest absolute Gasteiger partial charge is 0.201 e. The van der Waals surface area contributed by atoms with Gasteiger partial charge in [-0.3, -0.25) is 9.59 Å². The van der Waals surface area contributed by atoms with Gasteiger partial charge < -0.3 is 30.3 Å². The van der Waals surface area contributed by atoms with Crippen LogP contribution < -0.4 is 20.1 Å². The summed E-state index contributed by atoms with van der Waals surface area (Å²) >= 11 is 0. The summed E-state index contributed by atoms with van der Waals surface area (Å²) in [6.45, 7) is 0. The first-order valence-electron chi connectivity index (χ1n) is 11.3. The lowest BCUT2D eigenvalue weighted by Gasteiger charge is -2.25. The van der Waals surface area contributed by atoms with E-state index in [0.29, 0.717) is 22.9 Å². The lowest BCUT2D eigenvalue weighted by atomic mass is 9.81. The predicted molar refractivity (Wildman–Crippen MR) is 136 cm³/mol. The van der Waals surface area contributed by atoms with Crippen molar-refractivity contribution in [3.05, 3.63) is 94.6 Å². The van der Waals surface area contributed by atoms with Crippen molar-refractivity contribution in [2.75, 3.05) is 24.9 Å². The molecule has 0 radical (unpaired) electrons. The minimum Gasteiger partial charge on any atom is -0.507 e. The van der Waals surface area contributed by atoms with Crippen LogP contribution in [0.2, 0.25) is 0 Å². The predicted octanol–water partition coefficient (Wildman–Crippen LogP) is 5.66. The second kappa shape index (κ2) is 9.40. The normalized spacial score (nSPS) is 12.0. The SMILES string of the molecule is COc1cccc(Nc2c(F)c3c(c(F)c2Nc2cccc(OC)c2)C(=O)c2c(O)ccc(O)c2C3=O)c1. The topological polar surface area (TPSA) is 117 Å². The number of ether oxygens (including phenoxy) is 2. The van der Waals surface area contributed by atoms with Crippen LogP contribution >= 0.6 is 0 Å². The molecule has 0 saturated heterocycles. The van der Waals surface area contributed by atoms with Gasteiger partial charge in [-0.2, -0.15) is 0 Å². The number of carbonyl (C=O) groups excluding carboxylic acids is 2. The zero-order chi connectivity index (χ0) is 27.1. The summed E-state index contributed by atoms with van der Waals surface area (Å²) in [7, 11) is 2.88. The largest absolute Gasteiger partial charge is 0.507 e. The maximum absolute atomic E-state index is 16.2. The number of benzene rings is 4. The molecular formula is C28H20F2N2O6. The Morgan fingerprint density at radius 3 is 1.39 bits per heavy atom. The summed E-state index contributed by atoms with van der Waals surface area (Å²) in [4.78, 5) is 26.7. The van der Waals surface area contributed by atoms with Gasteiger partial charge in [0.25, 0.3) is 0 Å². The fraction of sp³-hybridized carbons (Fsp3) is 0.0714. The first-order valence-corrected chi connectivity index (χ1v) is 11.3. The van der Waals surface area contributed by atoms with Crippen LogP contribution in [0.4, 0.5) is 31.5 Å². The van der Waals surface area contributed by atoms with Crippen molar-refractivity contribution >= 4 is 34.3 Å². The van der Waals surface area contributed by atoms with Gasteiger partial charge in [-0.05, 0) is 36.4 Å². The maximum atomic E-state index is 16.2. The minimum absolute atomic E-state index is 0.298. The van der Waals surface area contributed by atoms with Crippen LogP contribution in [0.1, 0.15) is 31.8 Å². The zero-order valence-electron chi connectivity index (χ0n) is 20.1. The molecule has 10 heteroatoms. The number of methoxy groups -OCH3 is 2. The zero-order valence-corrected chi connectivity index (χ0v) is 20.1. The van der Waals surface area contributed by atoms with E-state index >= 15 is 8.78 Å². The summed E-state index contributed by atoms with van der Waals surface area (Å²) in [5.41, 5.74) is -3.31. The quantitative estimate of drug-likeness (QED) is 0.213. The van der Waals surface area contributed by atoms with Crippen LogP contribution in [0.15, 0.2) is 60.7 Å². The number of fused-ring (bicyclic) bond motifs is 2. The van der Waals surface area contributed by atoms with Gasteiger partial charge in [0.2, 0.25) is 11.6 Å². The molecule has 0 saturated carbocycles. The highest BCUT2D eigenvalue weighted by Crippen LogP contribution is 2.45. The fourth-order valence-corrected chi connectivity index (χ4v) is 4.33. The van der Waals surface area contributed by atoms with Crippen molar-refractivity contribution in [1.82, 2.24) is 0 Å². The molecule has 0 fully saturated rings. The van der Waals surface area contributed by atoms with E-state index in [1.807, 2.05) is 0 Å². The molecule has 8 nitrogen and oxygen atoms in total. The number of carbonyl (C=O) groups is 2. The molecule has 5 rings (SSSR count). The highest BCUT2D eigenvalue weighted by Gasteiger charge is 2.41. The Labute approximate surface area is 215 Å². The van der Waals surface area contributed by atoms with E-state index in [4.69, 9.17) is 9.47 Å². The molecule has 0 spiro atoms. The summed E-state index contributed by atoms with van der Waals surface area (Å²) < 4.78 is 42.8. The number of rotatable bonds is 6. The number of ketones is 2. The molecule has 0 unspecified atom stereocenters. The molecule has 4 N–H and O–H groups in total. The Hall–Kier alpha value is -5.12. The van der Waals surface area contributed by atoms with Gasteiger partial charge in [0.15, 0.2) is 11.6 Å². The molecule has 0 aliphatic heterocycles. The van der Waals surface area contributed by atoms with Crippen molar-refractivity contribution in [2.24, 2.45) is 0 Å². The number of hydrogen-bond acceptors (Lipinski definition) is 8. The average Bonchev–Trinajstić information content (AvgIpc) is 2.92. The summed E-state index contributed by atoms with van der Waals surface area (Å²) in [5, 5.41) is 26.1. The van der Waals surface area contributed by atoms with Gasteiger partial charge in [-0.15, -0.1) is 0 Å². The van der Waals surface area contributed by atoms with Crippen molar-refractivity contribution < 1.29 is 38.1 Å². The Bertz CT molecular complexity index is 1520. The third kappa shape index (κ3) is 3.92.